The Bertz CT molecular complexity index is 766. The number of unbranched alkanes of at least 4 members (excludes halogenated alkanes) is 1. The van der Waals surface area contributed by atoms with Crippen molar-refractivity contribution in [2.45, 2.75) is 70.6 Å². The molecule has 2 aromatic carbocycles. The van der Waals surface area contributed by atoms with Gasteiger partial charge in [-0.2, -0.15) is 0 Å². The Morgan fingerprint density at radius 2 is 1.73 bits per heavy atom. The molecule has 2 fully saturated rings. The third kappa shape index (κ3) is 3.52. The largest absolute Gasteiger partial charge is 0.204 e. The minimum absolute atomic E-state index is 0.402. The first-order chi connectivity index (χ1) is 12.7. The minimum atomic E-state index is -0.759. The van der Waals surface area contributed by atoms with Gasteiger partial charge in [0.05, 0.1) is 0 Å². The fourth-order valence-corrected chi connectivity index (χ4v) is 5.58. The molecule has 4 rings (SSSR count). The van der Waals surface area contributed by atoms with Gasteiger partial charge in [-0.25, -0.2) is 8.78 Å². The lowest BCUT2D eigenvalue weighted by Gasteiger charge is -2.42. The van der Waals surface area contributed by atoms with Gasteiger partial charge in [-0.05, 0) is 72.8 Å². The van der Waals surface area contributed by atoms with Crippen LogP contribution in [-0.2, 0) is 0 Å². The topological polar surface area (TPSA) is 0 Å². The SMILES string of the molecule is CCCCC1CCC2CC(c3ccc4c(F)c(F)ccc4c3)CCC2C1. The van der Waals surface area contributed by atoms with Crippen LogP contribution in [0.1, 0.15) is 76.2 Å². The smallest absolute Gasteiger partial charge is 0.166 e. The van der Waals surface area contributed by atoms with Crippen molar-refractivity contribution >= 4 is 10.8 Å². The summed E-state index contributed by atoms with van der Waals surface area (Å²) in [6, 6.07) is 8.85. The minimum Gasteiger partial charge on any atom is -0.204 e. The molecule has 26 heavy (non-hydrogen) atoms. The van der Waals surface area contributed by atoms with Crippen molar-refractivity contribution < 1.29 is 8.78 Å². The fraction of sp³-hybridized carbons (Fsp3) is 0.583. The molecule has 0 amide bonds. The normalized spacial score (nSPS) is 28.9. The maximum absolute atomic E-state index is 13.9. The summed E-state index contributed by atoms with van der Waals surface area (Å²) in [5, 5.41) is 1.23. The molecule has 0 aromatic heterocycles. The number of benzene rings is 2. The Morgan fingerprint density at radius 1 is 0.923 bits per heavy atom. The highest BCUT2D eigenvalue weighted by molar-refractivity contribution is 5.84. The molecular formula is C24H30F2. The fourth-order valence-electron chi connectivity index (χ4n) is 5.58. The quantitative estimate of drug-likeness (QED) is 0.529. The van der Waals surface area contributed by atoms with Crippen LogP contribution < -0.4 is 0 Å². The lowest BCUT2D eigenvalue weighted by molar-refractivity contribution is 0.113. The molecule has 0 spiro atoms. The van der Waals surface area contributed by atoms with E-state index in [1.165, 1.54) is 69.4 Å². The lowest BCUT2D eigenvalue weighted by atomic mass is 9.63. The van der Waals surface area contributed by atoms with Crippen molar-refractivity contribution in [2.75, 3.05) is 0 Å². The molecule has 2 saturated carbocycles. The molecule has 2 aromatic rings. The van der Waals surface area contributed by atoms with Gasteiger partial charge in [0.2, 0.25) is 0 Å². The molecule has 2 heteroatoms. The first-order valence-electron chi connectivity index (χ1n) is 10.5. The third-order valence-corrected chi connectivity index (χ3v) is 7.09. The summed E-state index contributed by atoms with van der Waals surface area (Å²) < 4.78 is 27.4. The molecule has 140 valence electrons. The molecule has 4 atom stereocenters. The predicted octanol–water partition coefficient (Wildman–Crippen LogP) is 7.61. The van der Waals surface area contributed by atoms with Crippen LogP contribution >= 0.6 is 0 Å². The second-order valence-corrected chi connectivity index (χ2v) is 8.69. The highest BCUT2D eigenvalue weighted by Gasteiger charge is 2.35. The van der Waals surface area contributed by atoms with Crippen LogP contribution in [0.3, 0.4) is 0 Å². The summed E-state index contributed by atoms with van der Waals surface area (Å²) in [4.78, 5) is 0. The third-order valence-electron chi connectivity index (χ3n) is 7.09. The maximum atomic E-state index is 13.9. The van der Waals surface area contributed by atoms with Gasteiger partial charge in [-0.15, -0.1) is 0 Å². The van der Waals surface area contributed by atoms with Gasteiger partial charge in [-0.1, -0.05) is 56.9 Å². The van der Waals surface area contributed by atoms with Crippen LogP contribution in [0.5, 0.6) is 0 Å². The molecule has 2 aliphatic carbocycles. The highest BCUT2D eigenvalue weighted by Crippen LogP contribution is 2.48. The van der Waals surface area contributed by atoms with Crippen molar-refractivity contribution in [3.8, 4) is 0 Å². The highest BCUT2D eigenvalue weighted by atomic mass is 19.2. The average Bonchev–Trinajstić information content (AvgIpc) is 2.68. The van der Waals surface area contributed by atoms with Crippen LogP contribution in [0.25, 0.3) is 10.8 Å². The summed E-state index contributed by atoms with van der Waals surface area (Å²) in [7, 11) is 0. The van der Waals surface area contributed by atoms with Gasteiger partial charge < -0.3 is 0 Å². The predicted molar refractivity (Wildman–Crippen MR) is 104 cm³/mol. The standard InChI is InChI=1S/C24H30F2/c1-2-3-4-16-5-6-18-14-19(8-7-17(18)13-16)20-9-11-22-21(15-20)10-12-23(25)24(22)26/h9-12,15-19H,2-8,13-14H2,1H3. The molecule has 4 unspecified atom stereocenters. The van der Waals surface area contributed by atoms with E-state index in [1.807, 2.05) is 6.07 Å². The summed E-state index contributed by atoms with van der Waals surface area (Å²) in [5.41, 5.74) is 1.31. The zero-order chi connectivity index (χ0) is 18.1. The van der Waals surface area contributed by atoms with Gasteiger partial charge >= 0.3 is 0 Å². The molecule has 0 radical (unpaired) electrons. The Labute approximate surface area is 156 Å². The summed E-state index contributed by atoms with van der Waals surface area (Å²) in [6.45, 7) is 2.29. The van der Waals surface area contributed by atoms with E-state index >= 15 is 0 Å². The summed E-state index contributed by atoms with van der Waals surface area (Å²) in [5.74, 6) is 1.86. The van der Waals surface area contributed by atoms with E-state index in [0.717, 1.165) is 23.1 Å². The van der Waals surface area contributed by atoms with Crippen molar-refractivity contribution in [1.29, 1.82) is 0 Å². The number of hydrogen-bond donors (Lipinski definition) is 0. The van der Waals surface area contributed by atoms with E-state index in [2.05, 4.69) is 13.0 Å². The number of halogens is 2. The zero-order valence-corrected chi connectivity index (χ0v) is 15.8. The number of fused-ring (bicyclic) bond motifs is 2. The van der Waals surface area contributed by atoms with Gasteiger partial charge in [0.25, 0.3) is 0 Å². The van der Waals surface area contributed by atoms with Crippen molar-refractivity contribution in [3.05, 3.63) is 47.5 Å². The molecule has 0 bridgehead atoms. The Balaban J connectivity index is 1.46. The number of rotatable bonds is 4. The van der Waals surface area contributed by atoms with Crippen LogP contribution in [0, 0.1) is 29.4 Å². The molecule has 0 heterocycles. The molecule has 0 saturated heterocycles. The molecule has 0 aliphatic heterocycles. The molecular weight excluding hydrogens is 326 g/mol. The lowest BCUT2D eigenvalue weighted by Crippen LogP contribution is -2.30. The molecule has 2 aliphatic rings. The Kier molecular flexibility index (Phi) is 5.29. The van der Waals surface area contributed by atoms with E-state index in [9.17, 15) is 8.78 Å². The van der Waals surface area contributed by atoms with Crippen LogP contribution in [0.15, 0.2) is 30.3 Å². The average molecular weight is 357 g/mol. The monoisotopic (exact) mass is 356 g/mol. The van der Waals surface area contributed by atoms with E-state index in [-0.39, 0.29) is 0 Å². The number of hydrogen-bond acceptors (Lipinski definition) is 0. The molecule has 0 N–H and O–H groups in total. The van der Waals surface area contributed by atoms with Crippen molar-refractivity contribution in [3.63, 3.8) is 0 Å². The summed E-state index contributed by atoms with van der Waals surface area (Å²) >= 11 is 0. The molecule has 0 nitrogen and oxygen atoms in total. The maximum Gasteiger partial charge on any atom is 0.166 e. The van der Waals surface area contributed by atoms with Crippen LogP contribution in [-0.4, -0.2) is 0 Å². The van der Waals surface area contributed by atoms with Gasteiger partial charge in [0.1, 0.15) is 0 Å². The van der Waals surface area contributed by atoms with Gasteiger partial charge in [0.15, 0.2) is 11.6 Å². The second kappa shape index (κ2) is 7.66. The summed E-state index contributed by atoms with van der Waals surface area (Å²) in [6.07, 6.45) is 12.2. The van der Waals surface area contributed by atoms with E-state index in [1.54, 1.807) is 12.1 Å². The van der Waals surface area contributed by atoms with E-state index < -0.39 is 11.6 Å². The first kappa shape index (κ1) is 17.9. The van der Waals surface area contributed by atoms with Crippen molar-refractivity contribution in [1.82, 2.24) is 0 Å². The Hall–Kier alpha value is -1.44. The second-order valence-electron chi connectivity index (χ2n) is 8.69. The van der Waals surface area contributed by atoms with Crippen molar-refractivity contribution in [2.24, 2.45) is 17.8 Å². The van der Waals surface area contributed by atoms with E-state index in [0.29, 0.717) is 11.3 Å². The zero-order valence-electron chi connectivity index (χ0n) is 15.8. The van der Waals surface area contributed by atoms with E-state index in [4.69, 9.17) is 0 Å². The van der Waals surface area contributed by atoms with Gasteiger partial charge in [-0.3, -0.25) is 0 Å². The first-order valence-corrected chi connectivity index (χ1v) is 10.5. The van der Waals surface area contributed by atoms with Crippen LogP contribution in [0.4, 0.5) is 8.78 Å². The Morgan fingerprint density at radius 3 is 2.58 bits per heavy atom. The van der Waals surface area contributed by atoms with Crippen LogP contribution in [0.2, 0.25) is 0 Å². The van der Waals surface area contributed by atoms with Gasteiger partial charge in [0, 0.05) is 5.39 Å².